The molecule has 2 aromatic rings. The summed E-state index contributed by atoms with van der Waals surface area (Å²) in [5, 5.41) is 24.3. The van der Waals surface area contributed by atoms with Crippen LogP contribution in [0.2, 0.25) is 0 Å². The summed E-state index contributed by atoms with van der Waals surface area (Å²) in [6, 6.07) is 8.05. The molecule has 1 aromatic heterocycles. The van der Waals surface area contributed by atoms with Crippen LogP contribution >= 0.6 is 28.3 Å². The molecule has 0 aliphatic rings. The lowest BCUT2D eigenvalue weighted by molar-refractivity contribution is 0.00109. The molecule has 0 unspecified atom stereocenters. The maximum atomic E-state index is 10.1. The van der Waals surface area contributed by atoms with Crippen molar-refractivity contribution in [1.29, 1.82) is 0 Å². The van der Waals surface area contributed by atoms with Crippen LogP contribution < -0.4 is 0 Å². The number of nitrogens with zero attached hydrogens (tertiary/aromatic N) is 2. The number of aromatic hydroxyl groups is 2. The molecule has 0 saturated heterocycles. The number of halogens is 2. The van der Waals surface area contributed by atoms with Crippen molar-refractivity contribution in [3.05, 3.63) is 52.3 Å². The van der Waals surface area contributed by atoms with E-state index in [9.17, 15) is 10.2 Å². The molecular formula is C16H18BrClN2O3. The molecule has 0 amide bonds. The van der Waals surface area contributed by atoms with E-state index in [1.807, 2.05) is 20.8 Å². The molecule has 7 heteroatoms. The highest BCUT2D eigenvalue weighted by Gasteiger charge is 2.20. The van der Waals surface area contributed by atoms with Crippen molar-refractivity contribution in [1.82, 2.24) is 4.98 Å². The molecule has 0 spiro atoms. The zero-order valence-corrected chi connectivity index (χ0v) is 15.3. The number of oxime groups is 1. The molecule has 0 saturated carbocycles. The van der Waals surface area contributed by atoms with Crippen LogP contribution in [0.5, 0.6) is 11.5 Å². The zero-order valence-electron chi connectivity index (χ0n) is 12.9. The Hall–Kier alpha value is -1.79. The summed E-state index contributed by atoms with van der Waals surface area (Å²) in [5.41, 5.74) is 0.386. The molecule has 0 fully saturated rings. The van der Waals surface area contributed by atoms with Crippen molar-refractivity contribution in [3.8, 4) is 11.5 Å². The Morgan fingerprint density at radius 2 is 1.87 bits per heavy atom. The number of hydrogen-bond acceptors (Lipinski definition) is 5. The quantitative estimate of drug-likeness (QED) is 0.596. The molecule has 1 aromatic carbocycles. The van der Waals surface area contributed by atoms with Crippen LogP contribution in [-0.4, -0.2) is 26.5 Å². The molecule has 124 valence electrons. The van der Waals surface area contributed by atoms with Gasteiger partial charge in [-0.15, -0.1) is 12.4 Å². The van der Waals surface area contributed by atoms with Gasteiger partial charge in [0, 0.05) is 16.2 Å². The maximum absolute atomic E-state index is 10.1. The largest absolute Gasteiger partial charge is 0.507 e. The summed E-state index contributed by atoms with van der Waals surface area (Å²) in [6.45, 7) is 5.56. The van der Waals surface area contributed by atoms with Gasteiger partial charge in [-0.2, -0.15) is 0 Å². The summed E-state index contributed by atoms with van der Waals surface area (Å²) in [5.74, 6) is -0.0253. The van der Waals surface area contributed by atoms with Crippen molar-refractivity contribution in [2.45, 2.75) is 26.4 Å². The SMILES string of the molecule is CC(C)(C)ON=C(c1cc(Br)ccc1O)c1ncccc1O.Cl. The molecule has 1 heterocycles. The van der Waals surface area contributed by atoms with Crippen LogP contribution in [0.4, 0.5) is 0 Å². The standard InChI is InChI=1S/C16H17BrN2O3.ClH/c1-16(2,3)22-19-14(15-13(21)5-4-8-18-15)11-9-10(17)6-7-12(11)20;/h4-9,20-21H,1-3H3;1H. The van der Waals surface area contributed by atoms with Crippen LogP contribution in [0.15, 0.2) is 46.2 Å². The van der Waals surface area contributed by atoms with Gasteiger partial charge in [0.2, 0.25) is 0 Å². The smallest absolute Gasteiger partial charge is 0.143 e. The Bertz CT molecular complexity index is 715. The first kappa shape index (κ1) is 19.3. The summed E-state index contributed by atoms with van der Waals surface area (Å²) >= 11 is 3.36. The molecule has 2 N–H and O–H groups in total. The molecule has 5 nitrogen and oxygen atoms in total. The lowest BCUT2D eigenvalue weighted by atomic mass is 10.1. The van der Waals surface area contributed by atoms with Gasteiger partial charge in [-0.05, 0) is 51.1 Å². The average molecular weight is 402 g/mol. The first-order valence-corrected chi connectivity index (χ1v) is 7.46. The van der Waals surface area contributed by atoms with Crippen LogP contribution in [0, 0.1) is 0 Å². The molecule has 0 radical (unpaired) electrons. The monoisotopic (exact) mass is 400 g/mol. The van der Waals surface area contributed by atoms with E-state index in [2.05, 4.69) is 26.1 Å². The number of benzene rings is 1. The van der Waals surface area contributed by atoms with E-state index in [0.29, 0.717) is 5.56 Å². The fourth-order valence-corrected chi connectivity index (χ4v) is 2.04. The first-order valence-electron chi connectivity index (χ1n) is 6.67. The predicted octanol–water partition coefficient (Wildman–Crippen LogP) is 4.24. The third-order valence-corrected chi connectivity index (χ3v) is 3.13. The van der Waals surface area contributed by atoms with Gasteiger partial charge in [-0.1, -0.05) is 21.1 Å². The topological polar surface area (TPSA) is 74.9 Å². The number of hydrogen-bond donors (Lipinski definition) is 2. The van der Waals surface area contributed by atoms with Gasteiger partial charge in [-0.25, -0.2) is 0 Å². The molecule has 0 aliphatic heterocycles. The van der Waals surface area contributed by atoms with Gasteiger partial charge in [0.05, 0.1) is 0 Å². The molecule has 2 rings (SSSR count). The Balaban J connectivity index is 0.00000264. The van der Waals surface area contributed by atoms with Gasteiger partial charge in [-0.3, -0.25) is 4.98 Å². The highest BCUT2D eigenvalue weighted by atomic mass is 79.9. The Morgan fingerprint density at radius 1 is 1.17 bits per heavy atom. The van der Waals surface area contributed by atoms with Crippen LogP contribution in [0.25, 0.3) is 0 Å². The summed E-state index contributed by atoms with van der Waals surface area (Å²) in [6.07, 6.45) is 1.54. The fraction of sp³-hybridized carbons (Fsp3) is 0.250. The van der Waals surface area contributed by atoms with Crippen LogP contribution in [0.3, 0.4) is 0 Å². The number of rotatable bonds is 3. The third kappa shape index (κ3) is 5.11. The van der Waals surface area contributed by atoms with E-state index < -0.39 is 5.60 Å². The number of aromatic nitrogens is 1. The summed E-state index contributed by atoms with van der Waals surface area (Å²) in [4.78, 5) is 9.60. The van der Waals surface area contributed by atoms with Crippen molar-refractivity contribution < 1.29 is 15.1 Å². The van der Waals surface area contributed by atoms with E-state index in [1.165, 1.54) is 18.3 Å². The Kier molecular flexibility index (Phi) is 6.41. The van der Waals surface area contributed by atoms with Gasteiger partial charge in [0.25, 0.3) is 0 Å². The molecule has 0 bridgehead atoms. The van der Waals surface area contributed by atoms with Gasteiger partial charge in [0.15, 0.2) is 0 Å². The number of pyridine rings is 1. The minimum Gasteiger partial charge on any atom is -0.507 e. The second-order valence-corrected chi connectivity index (χ2v) is 6.59. The summed E-state index contributed by atoms with van der Waals surface area (Å²) in [7, 11) is 0. The highest BCUT2D eigenvalue weighted by Crippen LogP contribution is 2.28. The molecule has 0 atom stereocenters. The van der Waals surface area contributed by atoms with Crippen molar-refractivity contribution in [2.24, 2.45) is 5.16 Å². The lowest BCUT2D eigenvalue weighted by Gasteiger charge is -2.17. The Labute approximate surface area is 149 Å². The van der Waals surface area contributed by atoms with Crippen LogP contribution in [-0.2, 0) is 4.84 Å². The minimum absolute atomic E-state index is 0. The van der Waals surface area contributed by atoms with E-state index >= 15 is 0 Å². The van der Waals surface area contributed by atoms with Crippen molar-refractivity contribution in [3.63, 3.8) is 0 Å². The van der Waals surface area contributed by atoms with Crippen molar-refractivity contribution >= 4 is 34.0 Å². The van der Waals surface area contributed by atoms with Gasteiger partial charge in [0.1, 0.15) is 28.5 Å². The second-order valence-electron chi connectivity index (χ2n) is 5.68. The Morgan fingerprint density at radius 3 is 2.48 bits per heavy atom. The third-order valence-electron chi connectivity index (χ3n) is 2.64. The van der Waals surface area contributed by atoms with E-state index in [-0.39, 0.29) is 35.3 Å². The van der Waals surface area contributed by atoms with Gasteiger partial charge < -0.3 is 15.1 Å². The first-order chi connectivity index (χ1) is 10.3. The molecular weight excluding hydrogens is 384 g/mol. The number of phenols is 1. The second kappa shape index (κ2) is 7.66. The predicted molar refractivity (Wildman–Crippen MR) is 95.4 cm³/mol. The van der Waals surface area contributed by atoms with E-state index in [4.69, 9.17) is 4.84 Å². The lowest BCUT2D eigenvalue weighted by Crippen LogP contribution is -2.18. The summed E-state index contributed by atoms with van der Waals surface area (Å²) < 4.78 is 0.763. The molecule has 23 heavy (non-hydrogen) atoms. The number of phenolic OH excluding ortho intramolecular Hbond substituents is 1. The van der Waals surface area contributed by atoms with E-state index in [0.717, 1.165) is 4.47 Å². The van der Waals surface area contributed by atoms with Crippen molar-refractivity contribution in [2.75, 3.05) is 0 Å². The van der Waals surface area contributed by atoms with E-state index in [1.54, 1.807) is 18.2 Å². The van der Waals surface area contributed by atoms with Gasteiger partial charge >= 0.3 is 0 Å². The molecule has 0 aliphatic carbocycles. The normalized spacial score (nSPS) is 11.7. The minimum atomic E-state index is -0.517. The van der Waals surface area contributed by atoms with Crippen LogP contribution in [0.1, 0.15) is 32.0 Å². The maximum Gasteiger partial charge on any atom is 0.143 e. The highest BCUT2D eigenvalue weighted by molar-refractivity contribution is 9.10. The average Bonchev–Trinajstić information content (AvgIpc) is 2.43. The zero-order chi connectivity index (χ0) is 16.3. The fourth-order valence-electron chi connectivity index (χ4n) is 1.68.